The lowest BCUT2D eigenvalue weighted by Gasteiger charge is -2.31. The van der Waals surface area contributed by atoms with E-state index in [0.29, 0.717) is 4.75 Å². The largest absolute Gasteiger partial charge is 0.152 e. The third-order valence-electron chi connectivity index (χ3n) is 2.42. The average Bonchev–Trinajstić information content (AvgIpc) is 2.00. The van der Waals surface area contributed by atoms with Crippen LogP contribution in [0.2, 0.25) is 0 Å². The standard InChI is InChI=1S/C10H22S/c1-6-10(7-2,8-3)11-9(4)5/h9H,6-8H2,1-5H3. The van der Waals surface area contributed by atoms with Gasteiger partial charge in [0.25, 0.3) is 0 Å². The number of rotatable bonds is 5. The fourth-order valence-corrected chi connectivity index (χ4v) is 3.00. The highest BCUT2D eigenvalue weighted by Crippen LogP contribution is 2.38. The van der Waals surface area contributed by atoms with Crippen LogP contribution in [-0.4, -0.2) is 10.00 Å². The average molecular weight is 174 g/mol. The highest BCUT2D eigenvalue weighted by Gasteiger charge is 2.25. The quantitative estimate of drug-likeness (QED) is 0.605. The molecule has 0 rings (SSSR count). The predicted molar refractivity (Wildman–Crippen MR) is 56.3 cm³/mol. The van der Waals surface area contributed by atoms with E-state index in [4.69, 9.17) is 0 Å². The number of hydrogen-bond donors (Lipinski definition) is 0. The summed E-state index contributed by atoms with van der Waals surface area (Å²) >= 11 is 2.15. The molecule has 0 radical (unpaired) electrons. The Labute approximate surface area is 76.1 Å². The van der Waals surface area contributed by atoms with Gasteiger partial charge in [0.2, 0.25) is 0 Å². The zero-order valence-corrected chi connectivity index (χ0v) is 9.42. The zero-order valence-electron chi connectivity index (χ0n) is 8.61. The van der Waals surface area contributed by atoms with Crippen molar-refractivity contribution in [3.63, 3.8) is 0 Å². The lowest BCUT2D eigenvalue weighted by atomic mass is 9.99. The van der Waals surface area contributed by atoms with Crippen molar-refractivity contribution >= 4 is 11.8 Å². The summed E-state index contributed by atoms with van der Waals surface area (Å²) in [6, 6.07) is 0. The summed E-state index contributed by atoms with van der Waals surface area (Å²) in [5.41, 5.74) is 0. The second-order valence-corrected chi connectivity index (χ2v) is 5.45. The van der Waals surface area contributed by atoms with Crippen LogP contribution >= 0.6 is 11.8 Å². The van der Waals surface area contributed by atoms with Crippen LogP contribution in [0.1, 0.15) is 53.9 Å². The van der Waals surface area contributed by atoms with Crippen molar-refractivity contribution in [2.45, 2.75) is 63.9 Å². The Bertz CT molecular complexity index is 84.8. The molecule has 0 aromatic rings. The Balaban J connectivity index is 4.05. The van der Waals surface area contributed by atoms with Crippen LogP contribution in [0.3, 0.4) is 0 Å². The molecule has 0 amide bonds. The Morgan fingerprint density at radius 2 is 1.36 bits per heavy atom. The lowest BCUT2D eigenvalue weighted by Crippen LogP contribution is -2.23. The number of thioether (sulfide) groups is 1. The van der Waals surface area contributed by atoms with Crippen LogP contribution in [-0.2, 0) is 0 Å². The molecule has 0 bridgehead atoms. The summed E-state index contributed by atoms with van der Waals surface area (Å²) in [6.45, 7) is 11.5. The van der Waals surface area contributed by atoms with E-state index >= 15 is 0 Å². The maximum Gasteiger partial charge on any atom is 0.0154 e. The third kappa shape index (κ3) is 3.50. The van der Waals surface area contributed by atoms with Crippen LogP contribution < -0.4 is 0 Å². The minimum atomic E-state index is 0.564. The molecular weight excluding hydrogens is 152 g/mol. The first-order chi connectivity index (χ1) is 5.10. The van der Waals surface area contributed by atoms with Gasteiger partial charge in [-0.25, -0.2) is 0 Å². The van der Waals surface area contributed by atoms with Crippen molar-refractivity contribution in [1.29, 1.82) is 0 Å². The Morgan fingerprint density at radius 1 is 1.00 bits per heavy atom. The van der Waals surface area contributed by atoms with Crippen molar-refractivity contribution in [1.82, 2.24) is 0 Å². The first-order valence-electron chi connectivity index (χ1n) is 4.78. The summed E-state index contributed by atoms with van der Waals surface area (Å²) in [4.78, 5) is 0. The molecule has 0 aliphatic carbocycles. The molecular formula is C10H22S. The second-order valence-electron chi connectivity index (χ2n) is 3.41. The SMILES string of the molecule is CCC(CC)(CC)SC(C)C. The summed E-state index contributed by atoms with van der Waals surface area (Å²) in [7, 11) is 0. The van der Waals surface area contributed by atoms with Crippen molar-refractivity contribution < 1.29 is 0 Å². The van der Waals surface area contributed by atoms with Gasteiger partial charge in [-0.05, 0) is 24.5 Å². The van der Waals surface area contributed by atoms with Gasteiger partial charge in [0.15, 0.2) is 0 Å². The van der Waals surface area contributed by atoms with Crippen LogP contribution in [0.25, 0.3) is 0 Å². The molecule has 0 spiro atoms. The Kier molecular flexibility index (Phi) is 5.24. The summed E-state index contributed by atoms with van der Waals surface area (Å²) in [5, 5.41) is 0.773. The highest BCUT2D eigenvalue weighted by atomic mass is 32.2. The van der Waals surface area contributed by atoms with Gasteiger partial charge in [0.05, 0.1) is 0 Å². The molecule has 0 fully saturated rings. The molecule has 11 heavy (non-hydrogen) atoms. The summed E-state index contributed by atoms with van der Waals surface area (Å²) < 4.78 is 0.564. The van der Waals surface area contributed by atoms with E-state index in [-0.39, 0.29) is 0 Å². The molecule has 1 heteroatoms. The van der Waals surface area contributed by atoms with E-state index in [2.05, 4.69) is 46.4 Å². The molecule has 0 nitrogen and oxygen atoms in total. The highest BCUT2D eigenvalue weighted by molar-refractivity contribution is 8.01. The summed E-state index contributed by atoms with van der Waals surface area (Å²) in [5.74, 6) is 0. The molecule has 0 aromatic heterocycles. The van der Waals surface area contributed by atoms with Gasteiger partial charge in [-0.2, -0.15) is 11.8 Å². The maximum atomic E-state index is 2.31. The fraction of sp³-hybridized carbons (Fsp3) is 1.00. The van der Waals surface area contributed by atoms with Crippen molar-refractivity contribution in [2.24, 2.45) is 0 Å². The normalized spacial score (nSPS) is 12.5. The molecule has 0 saturated carbocycles. The Hall–Kier alpha value is 0.350. The first kappa shape index (κ1) is 11.4. The van der Waals surface area contributed by atoms with Gasteiger partial charge in [-0.3, -0.25) is 0 Å². The van der Waals surface area contributed by atoms with E-state index in [1.807, 2.05) is 0 Å². The van der Waals surface area contributed by atoms with Crippen LogP contribution in [0, 0.1) is 0 Å². The van der Waals surface area contributed by atoms with Gasteiger partial charge in [-0.15, -0.1) is 0 Å². The van der Waals surface area contributed by atoms with Gasteiger partial charge < -0.3 is 0 Å². The van der Waals surface area contributed by atoms with Gasteiger partial charge >= 0.3 is 0 Å². The van der Waals surface area contributed by atoms with Gasteiger partial charge in [0, 0.05) is 4.75 Å². The number of hydrogen-bond acceptors (Lipinski definition) is 1. The van der Waals surface area contributed by atoms with E-state index < -0.39 is 0 Å². The molecule has 0 N–H and O–H groups in total. The van der Waals surface area contributed by atoms with E-state index in [9.17, 15) is 0 Å². The van der Waals surface area contributed by atoms with Crippen LogP contribution in [0.15, 0.2) is 0 Å². The monoisotopic (exact) mass is 174 g/mol. The molecule has 0 aliphatic rings. The molecule has 0 saturated heterocycles. The van der Waals surface area contributed by atoms with E-state index in [1.54, 1.807) is 0 Å². The van der Waals surface area contributed by atoms with Gasteiger partial charge in [0.1, 0.15) is 0 Å². The van der Waals surface area contributed by atoms with Crippen LogP contribution in [0.5, 0.6) is 0 Å². The molecule has 0 aromatic carbocycles. The third-order valence-corrected chi connectivity index (χ3v) is 4.26. The topological polar surface area (TPSA) is 0 Å². The minimum absolute atomic E-state index is 0.564. The zero-order chi connectivity index (χ0) is 8.91. The van der Waals surface area contributed by atoms with Crippen molar-refractivity contribution in [2.75, 3.05) is 0 Å². The maximum absolute atomic E-state index is 2.31. The van der Waals surface area contributed by atoms with Crippen molar-refractivity contribution in [3.05, 3.63) is 0 Å². The summed E-state index contributed by atoms with van der Waals surface area (Å²) in [6.07, 6.45) is 3.93. The predicted octanol–water partition coefficient (Wildman–Crippen LogP) is 4.10. The lowest BCUT2D eigenvalue weighted by molar-refractivity contribution is 0.529. The minimum Gasteiger partial charge on any atom is -0.152 e. The second kappa shape index (κ2) is 5.08. The van der Waals surface area contributed by atoms with Crippen LogP contribution in [0.4, 0.5) is 0 Å². The molecule has 68 valence electrons. The molecule has 0 atom stereocenters. The smallest absolute Gasteiger partial charge is 0.0154 e. The molecule has 0 aliphatic heterocycles. The fourth-order valence-electron chi connectivity index (χ4n) is 1.50. The first-order valence-corrected chi connectivity index (χ1v) is 5.66. The van der Waals surface area contributed by atoms with Crippen molar-refractivity contribution in [3.8, 4) is 0 Å². The van der Waals surface area contributed by atoms with Gasteiger partial charge in [-0.1, -0.05) is 34.6 Å². The van der Waals surface area contributed by atoms with E-state index in [1.165, 1.54) is 19.3 Å². The Morgan fingerprint density at radius 3 is 1.45 bits per heavy atom. The molecule has 0 heterocycles. The van der Waals surface area contributed by atoms with E-state index in [0.717, 1.165) is 5.25 Å². The molecule has 0 unspecified atom stereocenters.